The van der Waals surface area contributed by atoms with E-state index in [1.54, 1.807) is 18.2 Å². The molecule has 1 aliphatic rings. The Bertz CT molecular complexity index is 1620. The molecule has 0 radical (unpaired) electrons. The lowest BCUT2D eigenvalue weighted by Gasteiger charge is -2.16. The van der Waals surface area contributed by atoms with Crippen LogP contribution in [-0.4, -0.2) is 42.1 Å². The standard InChI is InChI=1S/C44H51FO5/c1-3-44(48)50-30-9-7-5-4-6-8-10-34-13-20-40(21-14-34)42-28-17-36(32-43(42)45)16-27-41(47)26-15-35-11-18-38(19-12-35)39-24-22-37(23-25-39)33(2)49-31-29-46/h3,11,13-14,16-25,27-28,32,35,44,46,48H,1-2,4-10,12,15,26,29-31H2/b27-16+. The highest BCUT2D eigenvalue weighted by Crippen LogP contribution is 2.29. The molecule has 0 bridgehead atoms. The van der Waals surface area contributed by atoms with Gasteiger partial charge in [-0.15, -0.1) is 0 Å². The van der Waals surface area contributed by atoms with Crippen molar-refractivity contribution in [3.8, 4) is 11.1 Å². The van der Waals surface area contributed by atoms with Gasteiger partial charge in [0, 0.05) is 17.5 Å². The summed E-state index contributed by atoms with van der Waals surface area (Å²) >= 11 is 0. The molecular formula is C44H51FO5. The van der Waals surface area contributed by atoms with Crippen molar-refractivity contribution in [2.75, 3.05) is 19.8 Å². The molecule has 0 saturated carbocycles. The van der Waals surface area contributed by atoms with E-state index in [0.717, 1.165) is 73.6 Å². The van der Waals surface area contributed by atoms with Crippen LogP contribution in [0.25, 0.3) is 28.5 Å². The Hall–Kier alpha value is -4.36. The molecule has 0 fully saturated rings. The van der Waals surface area contributed by atoms with Gasteiger partial charge < -0.3 is 19.7 Å². The van der Waals surface area contributed by atoms with Gasteiger partial charge in [-0.05, 0) is 84.1 Å². The van der Waals surface area contributed by atoms with Crippen molar-refractivity contribution in [1.82, 2.24) is 0 Å². The fourth-order valence-corrected chi connectivity index (χ4v) is 5.92. The van der Waals surface area contributed by atoms with Crippen LogP contribution in [0.2, 0.25) is 0 Å². The number of aliphatic hydroxyl groups excluding tert-OH is 2. The van der Waals surface area contributed by atoms with E-state index in [9.17, 15) is 9.90 Å². The first kappa shape index (κ1) is 38.4. The Balaban J connectivity index is 1.15. The largest absolute Gasteiger partial charge is 0.491 e. The number of carbonyl (C=O) groups is 1. The van der Waals surface area contributed by atoms with E-state index in [1.165, 1.54) is 24.1 Å². The summed E-state index contributed by atoms with van der Waals surface area (Å²) in [4.78, 5) is 12.6. The van der Waals surface area contributed by atoms with Crippen LogP contribution in [0.15, 0.2) is 110 Å². The molecule has 264 valence electrons. The second kappa shape index (κ2) is 21.0. The average molecular weight is 679 g/mol. The molecule has 4 rings (SSSR count). The molecule has 3 aromatic rings. The minimum Gasteiger partial charge on any atom is -0.491 e. The van der Waals surface area contributed by atoms with Crippen molar-refractivity contribution >= 4 is 23.2 Å². The van der Waals surface area contributed by atoms with Gasteiger partial charge in [-0.2, -0.15) is 0 Å². The van der Waals surface area contributed by atoms with Gasteiger partial charge in [0.15, 0.2) is 12.1 Å². The Morgan fingerprint density at radius 1 is 0.940 bits per heavy atom. The van der Waals surface area contributed by atoms with Crippen LogP contribution in [0, 0.1) is 11.7 Å². The first-order chi connectivity index (χ1) is 24.4. The zero-order valence-corrected chi connectivity index (χ0v) is 29.1. The number of halogens is 1. The van der Waals surface area contributed by atoms with Crippen molar-refractivity contribution in [3.05, 3.63) is 138 Å². The Morgan fingerprint density at radius 2 is 1.66 bits per heavy atom. The third kappa shape index (κ3) is 12.8. The van der Waals surface area contributed by atoms with E-state index in [1.807, 2.05) is 42.5 Å². The quantitative estimate of drug-likeness (QED) is 0.0364. The fraction of sp³-hybridized carbons (Fsp3) is 0.341. The van der Waals surface area contributed by atoms with Crippen molar-refractivity contribution in [2.45, 2.75) is 70.5 Å². The molecule has 2 N–H and O–H groups in total. The first-order valence-electron chi connectivity index (χ1n) is 17.8. The molecule has 6 heteroatoms. The van der Waals surface area contributed by atoms with E-state index in [4.69, 9.17) is 14.6 Å². The Kier molecular flexibility index (Phi) is 16.1. The van der Waals surface area contributed by atoms with Crippen molar-refractivity contribution in [3.63, 3.8) is 0 Å². The maximum absolute atomic E-state index is 15.1. The number of benzene rings is 3. The van der Waals surface area contributed by atoms with Gasteiger partial charge in [0.2, 0.25) is 0 Å². The number of hydrogen-bond donors (Lipinski definition) is 2. The number of aryl methyl sites for hydroxylation is 1. The minimum absolute atomic E-state index is 0.0297. The number of carbonyl (C=O) groups excluding carboxylic acids is 1. The monoisotopic (exact) mass is 678 g/mol. The van der Waals surface area contributed by atoms with E-state index in [0.29, 0.717) is 35.8 Å². The van der Waals surface area contributed by atoms with E-state index >= 15 is 4.39 Å². The molecule has 5 nitrogen and oxygen atoms in total. The Labute approximate surface area is 297 Å². The normalized spacial score (nSPS) is 14.8. The molecule has 2 unspecified atom stereocenters. The molecule has 0 aromatic heterocycles. The lowest BCUT2D eigenvalue weighted by molar-refractivity contribution is -0.114. The van der Waals surface area contributed by atoms with Crippen molar-refractivity contribution in [2.24, 2.45) is 5.92 Å². The summed E-state index contributed by atoms with van der Waals surface area (Å²) in [5.41, 5.74) is 6.43. The second-order valence-corrected chi connectivity index (χ2v) is 12.7. The smallest absolute Gasteiger partial charge is 0.173 e. The molecule has 0 heterocycles. The van der Waals surface area contributed by atoms with Crippen LogP contribution in [0.4, 0.5) is 4.39 Å². The van der Waals surface area contributed by atoms with Crippen molar-refractivity contribution in [1.29, 1.82) is 0 Å². The van der Waals surface area contributed by atoms with Gasteiger partial charge >= 0.3 is 0 Å². The fourth-order valence-electron chi connectivity index (χ4n) is 5.92. The van der Waals surface area contributed by atoms with Gasteiger partial charge in [0.05, 0.1) is 13.2 Å². The average Bonchev–Trinajstić information content (AvgIpc) is 3.15. The summed E-state index contributed by atoms with van der Waals surface area (Å²) in [5, 5.41) is 18.2. The number of allylic oxidation sites excluding steroid dienone is 5. The summed E-state index contributed by atoms with van der Waals surface area (Å²) in [5.74, 6) is 0.561. The third-order valence-electron chi connectivity index (χ3n) is 8.93. The maximum atomic E-state index is 15.1. The third-order valence-corrected chi connectivity index (χ3v) is 8.93. The number of ketones is 1. The van der Waals surface area contributed by atoms with Crippen LogP contribution in [-0.2, 0) is 20.7 Å². The van der Waals surface area contributed by atoms with Gasteiger partial charge in [-0.25, -0.2) is 4.39 Å². The predicted molar refractivity (Wildman–Crippen MR) is 202 cm³/mol. The zero-order valence-electron chi connectivity index (χ0n) is 29.1. The molecule has 1 aliphatic carbocycles. The lowest BCUT2D eigenvalue weighted by atomic mass is 9.89. The van der Waals surface area contributed by atoms with Gasteiger partial charge in [0.25, 0.3) is 0 Å². The molecule has 0 amide bonds. The first-order valence-corrected chi connectivity index (χ1v) is 17.8. The summed E-state index contributed by atoms with van der Waals surface area (Å²) in [6.07, 6.45) is 20.0. The maximum Gasteiger partial charge on any atom is 0.173 e. The van der Waals surface area contributed by atoms with Crippen LogP contribution in [0.5, 0.6) is 0 Å². The topological polar surface area (TPSA) is 76.0 Å². The lowest BCUT2D eigenvalue weighted by Crippen LogP contribution is -2.08. The summed E-state index contributed by atoms with van der Waals surface area (Å²) < 4.78 is 25.7. The predicted octanol–water partition coefficient (Wildman–Crippen LogP) is 9.90. The van der Waals surface area contributed by atoms with Gasteiger partial charge in [-0.1, -0.05) is 124 Å². The summed E-state index contributed by atoms with van der Waals surface area (Å²) in [6, 6.07) is 21.2. The molecule has 0 aliphatic heterocycles. The molecular weight excluding hydrogens is 627 g/mol. The molecule has 50 heavy (non-hydrogen) atoms. The molecule has 0 spiro atoms. The highest BCUT2D eigenvalue weighted by molar-refractivity contribution is 5.93. The highest BCUT2D eigenvalue weighted by atomic mass is 19.1. The molecule has 3 aromatic carbocycles. The minimum atomic E-state index is -0.864. The summed E-state index contributed by atoms with van der Waals surface area (Å²) in [7, 11) is 0. The Morgan fingerprint density at radius 3 is 2.34 bits per heavy atom. The van der Waals surface area contributed by atoms with E-state index in [-0.39, 0.29) is 24.8 Å². The number of aliphatic hydroxyl groups is 2. The van der Waals surface area contributed by atoms with E-state index in [2.05, 4.69) is 43.5 Å². The van der Waals surface area contributed by atoms with Crippen LogP contribution >= 0.6 is 0 Å². The summed E-state index contributed by atoms with van der Waals surface area (Å²) in [6.45, 7) is 8.13. The van der Waals surface area contributed by atoms with Gasteiger partial charge in [0.1, 0.15) is 18.2 Å². The van der Waals surface area contributed by atoms with Crippen LogP contribution < -0.4 is 0 Å². The zero-order chi connectivity index (χ0) is 35.6. The van der Waals surface area contributed by atoms with Crippen molar-refractivity contribution < 1.29 is 28.9 Å². The van der Waals surface area contributed by atoms with Crippen LogP contribution in [0.1, 0.15) is 80.0 Å². The van der Waals surface area contributed by atoms with E-state index < -0.39 is 6.29 Å². The second-order valence-electron chi connectivity index (χ2n) is 12.7. The SMILES string of the molecule is C=CC(O)OCCCCCCCCc1ccc(-c2ccc(/C=C/C(=O)CCC3C=CC(c4ccc(C(=C)OCCO)cc4)=CC3)cc2F)cc1. The molecule has 2 atom stereocenters. The number of unbranched alkanes of at least 4 members (excludes halogenated alkanes) is 5. The van der Waals surface area contributed by atoms with Gasteiger partial charge in [-0.3, -0.25) is 4.79 Å². The molecule has 0 saturated heterocycles. The number of hydrogen-bond acceptors (Lipinski definition) is 5. The van der Waals surface area contributed by atoms with Crippen LogP contribution in [0.3, 0.4) is 0 Å². The highest BCUT2D eigenvalue weighted by Gasteiger charge is 2.12. The number of rotatable bonds is 22. The number of ether oxygens (including phenoxy) is 2.